The lowest BCUT2D eigenvalue weighted by atomic mass is 10.00. The molecule has 7 nitrogen and oxygen atoms in total. The highest BCUT2D eigenvalue weighted by molar-refractivity contribution is 7.88. The molecule has 1 heterocycles. The molecule has 172 valence electrons. The van der Waals surface area contributed by atoms with Crippen LogP contribution in [0.1, 0.15) is 55.8 Å². The van der Waals surface area contributed by atoms with Crippen LogP contribution in [0.3, 0.4) is 0 Å². The molecule has 1 aliphatic heterocycles. The maximum Gasteiger partial charge on any atom is 0.247 e. The molecule has 1 unspecified atom stereocenters. The lowest BCUT2D eigenvalue weighted by Crippen LogP contribution is -2.45. The van der Waals surface area contributed by atoms with E-state index in [2.05, 4.69) is 10.0 Å². The molecule has 0 radical (unpaired) electrons. The second-order valence-electron chi connectivity index (χ2n) is 8.38. The minimum Gasteiger partial charge on any atom is -0.350 e. The molecule has 1 fully saturated rings. The van der Waals surface area contributed by atoms with Crippen LogP contribution in [0, 0.1) is 0 Å². The lowest BCUT2D eigenvalue weighted by Gasteiger charge is -2.34. The smallest absolute Gasteiger partial charge is 0.247 e. The number of nitrogens with one attached hydrogen (secondary N) is 2. The van der Waals surface area contributed by atoms with E-state index in [1.54, 1.807) is 30.9 Å². The van der Waals surface area contributed by atoms with E-state index in [1.165, 1.54) is 0 Å². The van der Waals surface area contributed by atoms with Crippen molar-refractivity contribution in [3.8, 4) is 0 Å². The van der Waals surface area contributed by atoms with E-state index in [1.807, 2.05) is 42.5 Å². The number of rotatable bonds is 9. The van der Waals surface area contributed by atoms with Crippen LogP contribution in [0.5, 0.6) is 0 Å². The van der Waals surface area contributed by atoms with E-state index in [4.69, 9.17) is 0 Å². The van der Waals surface area contributed by atoms with Gasteiger partial charge in [0.2, 0.25) is 21.8 Å². The fourth-order valence-electron chi connectivity index (χ4n) is 3.96. The van der Waals surface area contributed by atoms with Gasteiger partial charge in [0.25, 0.3) is 0 Å². The summed E-state index contributed by atoms with van der Waals surface area (Å²) in [6, 6.07) is 15.5. The molecule has 8 heteroatoms. The summed E-state index contributed by atoms with van der Waals surface area (Å²) in [5.41, 5.74) is 2.12. The molecule has 0 aromatic heterocycles. The van der Waals surface area contributed by atoms with Crippen LogP contribution in [-0.2, 0) is 31.9 Å². The molecule has 1 atom stereocenters. The summed E-state index contributed by atoms with van der Waals surface area (Å²) in [5, 5.41) is 2.93. The number of piperidine rings is 1. The monoisotopic (exact) mass is 457 g/mol. The molecule has 2 aromatic rings. The minimum atomic E-state index is -3.49. The molecular weight excluding hydrogens is 426 g/mol. The highest BCUT2D eigenvalue weighted by Gasteiger charge is 2.32. The Balaban J connectivity index is 1.78. The highest BCUT2D eigenvalue weighted by atomic mass is 32.2. The van der Waals surface area contributed by atoms with Crippen molar-refractivity contribution in [2.75, 3.05) is 6.54 Å². The average Bonchev–Trinajstić information content (AvgIpc) is 2.74. The van der Waals surface area contributed by atoms with Crippen LogP contribution in [0.25, 0.3) is 0 Å². The van der Waals surface area contributed by atoms with Crippen molar-refractivity contribution in [2.45, 2.75) is 57.5 Å². The molecule has 0 aliphatic carbocycles. The Morgan fingerprint density at radius 1 is 1.00 bits per heavy atom. The molecule has 32 heavy (non-hydrogen) atoms. The van der Waals surface area contributed by atoms with Crippen molar-refractivity contribution in [1.82, 2.24) is 14.9 Å². The second-order valence-corrected chi connectivity index (χ2v) is 10.1. The quantitative estimate of drug-likeness (QED) is 0.605. The molecule has 2 amide bonds. The van der Waals surface area contributed by atoms with Gasteiger partial charge in [0, 0.05) is 25.6 Å². The van der Waals surface area contributed by atoms with Gasteiger partial charge in [-0.05, 0) is 43.4 Å². The first-order chi connectivity index (χ1) is 15.3. The van der Waals surface area contributed by atoms with Crippen molar-refractivity contribution in [2.24, 2.45) is 0 Å². The second kappa shape index (κ2) is 10.7. The number of likely N-dealkylation sites (tertiary alicyclic amines) is 1. The Kier molecular flexibility index (Phi) is 8.04. The van der Waals surface area contributed by atoms with Crippen LogP contribution in [0.15, 0.2) is 54.6 Å². The predicted molar refractivity (Wildman–Crippen MR) is 124 cm³/mol. The third kappa shape index (κ3) is 6.40. The van der Waals surface area contributed by atoms with Crippen molar-refractivity contribution >= 4 is 21.8 Å². The standard InChI is InChI=1S/C24H31N3O4S/c1-18(2)26-32(30,31)17-21-13-7-6-12-20(21)16-25-24(29)23(19-10-4-3-5-11-19)27-15-9-8-14-22(27)28/h3-7,10-13,18,23,26H,8-9,14-17H2,1-2H3,(H,25,29). The average molecular weight is 458 g/mol. The molecule has 0 spiro atoms. The Hall–Kier alpha value is -2.71. The van der Waals surface area contributed by atoms with Gasteiger partial charge in [-0.2, -0.15) is 0 Å². The zero-order valence-electron chi connectivity index (χ0n) is 18.6. The van der Waals surface area contributed by atoms with E-state index in [9.17, 15) is 18.0 Å². The lowest BCUT2D eigenvalue weighted by molar-refractivity contribution is -0.142. The molecule has 0 bridgehead atoms. The number of benzene rings is 2. The van der Waals surface area contributed by atoms with Crippen LogP contribution in [-0.4, -0.2) is 37.7 Å². The van der Waals surface area contributed by atoms with Crippen LogP contribution >= 0.6 is 0 Å². The van der Waals surface area contributed by atoms with E-state index in [0.29, 0.717) is 18.5 Å². The molecule has 1 aliphatic rings. The molecule has 0 saturated carbocycles. The van der Waals surface area contributed by atoms with E-state index < -0.39 is 16.1 Å². The fraction of sp³-hybridized carbons (Fsp3) is 0.417. The zero-order chi connectivity index (χ0) is 23.1. The topological polar surface area (TPSA) is 95.6 Å². The summed E-state index contributed by atoms with van der Waals surface area (Å²) >= 11 is 0. The van der Waals surface area contributed by atoms with Gasteiger partial charge in [0.15, 0.2) is 0 Å². The number of carbonyl (C=O) groups excluding carboxylic acids is 2. The van der Waals surface area contributed by atoms with Gasteiger partial charge in [0.1, 0.15) is 6.04 Å². The summed E-state index contributed by atoms with van der Waals surface area (Å²) in [5.74, 6) is -0.458. The Labute approximate surface area is 190 Å². The first-order valence-electron chi connectivity index (χ1n) is 11.0. The van der Waals surface area contributed by atoms with Crippen molar-refractivity contribution in [3.63, 3.8) is 0 Å². The van der Waals surface area contributed by atoms with Crippen molar-refractivity contribution in [3.05, 3.63) is 71.3 Å². The molecule has 2 N–H and O–H groups in total. The van der Waals surface area contributed by atoms with Gasteiger partial charge in [-0.15, -0.1) is 0 Å². The number of nitrogens with zero attached hydrogens (tertiary/aromatic N) is 1. The Morgan fingerprint density at radius 2 is 1.66 bits per heavy atom. The number of carbonyl (C=O) groups is 2. The third-order valence-corrected chi connectivity index (χ3v) is 6.89. The van der Waals surface area contributed by atoms with Gasteiger partial charge in [-0.1, -0.05) is 54.6 Å². The summed E-state index contributed by atoms with van der Waals surface area (Å²) in [4.78, 5) is 27.5. The van der Waals surface area contributed by atoms with Gasteiger partial charge in [0.05, 0.1) is 5.75 Å². The first-order valence-corrected chi connectivity index (χ1v) is 12.6. The Morgan fingerprint density at radius 3 is 2.31 bits per heavy atom. The fourth-order valence-corrected chi connectivity index (χ4v) is 5.46. The predicted octanol–water partition coefficient (Wildman–Crippen LogP) is 2.88. The maximum absolute atomic E-state index is 13.3. The van der Waals surface area contributed by atoms with Gasteiger partial charge < -0.3 is 10.2 Å². The van der Waals surface area contributed by atoms with Crippen molar-refractivity contribution < 1.29 is 18.0 Å². The molecule has 1 saturated heterocycles. The largest absolute Gasteiger partial charge is 0.350 e. The SMILES string of the molecule is CC(C)NS(=O)(=O)Cc1ccccc1CNC(=O)C(c1ccccc1)N1CCCCC1=O. The zero-order valence-corrected chi connectivity index (χ0v) is 19.4. The normalized spacial score (nSPS) is 15.6. The number of amides is 2. The molecular formula is C24H31N3O4S. The van der Waals surface area contributed by atoms with Gasteiger partial charge in [-0.25, -0.2) is 13.1 Å². The number of hydrogen-bond acceptors (Lipinski definition) is 4. The third-order valence-electron chi connectivity index (χ3n) is 5.37. The summed E-state index contributed by atoms with van der Waals surface area (Å²) < 4.78 is 27.4. The number of hydrogen-bond donors (Lipinski definition) is 2. The summed E-state index contributed by atoms with van der Waals surface area (Å²) in [6.07, 6.45) is 2.15. The maximum atomic E-state index is 13.3. The summed E-state index contributed by atoms with van der Waals surface area (Å²) in [7, 11) is -3.49. The highest BCUT2D eigenvalue weighted by Crippen LogP contribution is 2.26. The van der Waals surface area contributed by atoms with Crippen LogP contribution in [0.4, 0.5) is 0 Å². The van der Waals surface area contributed by atoms with Crippen LogP contribution in [0.2, 0.25) is 0 Å². The van der Waals surface area contributed by atoms with Crippen molar-refractivity contribution in [1.29, 1.82) is 0 Å². The molecule has 2 aromatic carbocycles. The minimum absolute atomic E-state index is 0.0218. The number of sulfonamides is 1. The Bertz CT molecular complexity index is 1040. The van der Waals surface area contributed by atoms with E-state index in [-0.39, 0.29) is 30.2 Å². The van der Waals surface area contributed by atoms with Gasteiger partial charge in [-0.3, -0.25) is 9.59 Å². The van der Waals surface area contributed by atoms with Crippen LogP contribution < -0.4 is 10.0 Å². The van der Waals surface area contributed by atoms with Gasteiger partial charge >= 0.3 is 0 Å². The molecule has 3 rings (SSSR count). The van der Waals surface area contributed by atoms with E-state index >= 15 is 0 Å². The van der Waals surface area contributed by atoms with E-state index in [0.717, 1.165) is 24.0 Å². The summed E-state index contributed by atoms with van der Waals surface area (Å²) in [6.45, 7) is 4.27. The first kappa shape index (κ1) is 23.9.